The number of carbonyl (C=O) groups is 2. The van der Waals surface area contributed by atoms with Crippen molar-refractivity contribution in [2.45, 2.75) is 25.8 Å². The van der Waals surface area contributed by atoms with Crippen LogP contribution < -0.4 is 10.0 Å². The summed E-state index contributed by atoms with van der Waals surface area (Å²) in [5, 5.41) is 12.9. The van der Waals surface area contributed by atoms with Gasteiger partial charge in [0, 0.05) is 17.6 Å². The van der Waals surface area contributed by atoms with Crippen molar-refractivity contribution in [1.29, 1.82) is 0 Å². The lowest BCUT2D eigenvalue weighted by Gasteiger charge is -2.20. The molecule has 13 heteroatoms. The van der Waals surface area contributed by atoms with Crippen molar-refractivity contribution in [2.24, 2.45) is 5.73 Å². The number of rotatable bonds is 5. The Hall–Kier alpha value is -3.87. The van der Waals surface area contributed by atoms with E-state index in [1.54, 1.807) is 32.0 Å². The van der Waals surface area contributed by atoms with Crippen LogP contribution in [0.4, 0.5) is 10.7 Å². The standard InChI is InChI=1S/C17H17N7O5S/c1-9-8-10(2)21-17(20-9)24(16(18)27)30(28,29)14-13(15(25)26)11(3)22-23(14)12-6-4-5-7-19-12/h4-8H,1-3H3,(H2,18,27)(H,25,26). The van der Waals surface area contributed by atoms with E-state index in [1.807, 2.05) is 0 Å². The Morgan fingerprint density at radius 3 is 2.27 bits per heavy atom. The first-order valence-corrected chi connectivity index (χ1v) is 9.89. The maximum Gasteiger partial charge on any atom is 0.340 e. The molecule has 0 unspecified atom stereocenters. The number of urea groups is 1. The Morgan fingerprint density at radius 1 is 1.13 bits per heavy atom. The third kappa shape index (κ3) is 3.57. The minimum Gasteiger partial charge on any atom is -0.478 e. The van der Waals surface area contributed by atoms with Crippen molar-refractivity contribution in [1.82, 2.24) is 24.7 Å². The van der Waals surface area contributed by atoms with Gasteiger partial charge in [0.05, 0.1) is 5.69 Å². The highest BCUT2D eigenvalue weighted by atomic mass is 32.2. The normalized spacial score (nSPS) is 11.3. The molecule has 0 spiro atoms. The topological polar surface area (TPSA) is 174 Å². The third-order valence-corrected chi connectivity index (χ3v) is 5.62. The van der Waals surface area contributed by atoms with Gasteiger partial charge in [0.25, 0.3) is 10.0 Å². The van der Waals surface area contributed by atoms with E-state index in [1.165, 1.54) is 19.2 Å². The molecule has 0 atom stereocenters. The molecular weight excluding hydrogens is 414 g/mol. The first-order valence-electron chi connectivity index (χ1n) is 8.45. The van der Waals surface area contributed by atoms with Gasteiger partial charge < -0.3 is 10.8 Å². The van der Waals surface area contributed by atoms with Crippen LogP contribution in [0.2, 0.25) is 0 Å². The molecule has 0 aliphatic rings. The molecule has 2 amide bonds. The SMILES string of the molecule is Cc1cc(C)nc(N(C(N)=O)S(=O)(=O)c2c(C(=O)O)c(C)nn2-c2ccccn2)n1. The Balaban J connectivity index is 2.36. The van der Waals surface area contributed by atoms with Crippen LogP contribution in [-0.4, -0.2) is 50.3 Å². The Labute approximate surface area is 171 Å². The van der Waals surface area contributed by atoms with Crippen molar-refractivity contribution in [2.75, 3.05) is 4.31 Å². The summed E-state index contributed by atoms with van der Waals surface area (Å²) < 4.78 is 28.0. The van der Waals surface area contributed by atoms with Crippen molar-refractivity contribution in [3.8, 4) is 5.82 Å². The number of anilines is 1. The van der Waals surface area contributed by atoms with Crippen molar-refractivity contribution in [3.63, 3.8) is 0 Å². The molecule has 0 radical (unpaired) electrons. The summed E-state index contributed by atoms with van der Waals surface area (Å²) in [6.07, 6.45) is 1.38. The summed E-state index contributed by atoms with van der Waals surface area (Å²) in [6.45, 7) is 4.48. The molecule has 3 rings (SSSR count). The molecule has 3 N–H and O–H groups in total. The first kappa shape index (κ1) is 20.9. The second kappa shape index (κ2) is 7.51. The largest absolute Gasteiger partial charge is 0.478 e. The number of nitrogens with two attached hydrogens (primary N) is 1. The number of hydrogen-bond acceptors (Lipinski definition) is 8. The summed E-state index contributed by atoms with van der Waals surface area (Å²) in [5.41, 5.74) is 5.38. The smallest absolute Gasteiger partial charge is 0.340 e. The molecule has 0 fully saturated rings. The molecule has 0 aliphatic carbocycles. The molecule has 3 aromatic rings. The quantitative estimate of drug-likeness (QED) is 0.596. The zero-order valence-electron chi connectivity index (χ0n) is 16.1. The van der Waals surface area contributed by atoms with E-state index in [0.29, 0.717) is 11.4 Å². The summed E-state index contributed by atoms with van der Waals surface area (Å²) in [7, 11) is -4.91. The summed E-state index contributed by atoms with van der Waals surface area (Å²) >= 11 is 0. The van der Waals surface area contributed by atoms with E-state index in [0.717, 1.165) is 4.68 Å². The number of aromatic nitrogens is 5. The van der Waals surface area contributed by atoms with Crippen molar-refractivity contribution >= 4 is 28.0 Å². The minimum absolute atomic E-state index is 0.0254. The predicted octanol–water partition coefficient (Wildman–Crippen LogP) is 0.955. The fourth-order valence-corrected chi connectivity index (χ4v) is 4.39. The van der Waals surface area contributed by atoms with Gasteiger partial charge >= 0.3 is 12.0 Å². The maximum atomic E-state index is 13.5. The summed E-state index contributed by atoms with van der Waals surface area (Å²) in [4.78, 5) is 36.0. The lowest BCUT2D eigenvalue weighted by Crippen LogP contribution is -2.43. The van der Waals surface area contributed by atoms with Crippen LogP contribution in [0.25, 0.3) is 5.82 Å². The fraction of sp³-hybridized carbons (Fsp3) is 0.176. The summed E-state index contributed by atoms with van der Waals surface area (Å²) in [5.74, 6) is -2.04. The van der Waals surface area contributed by atoms with E-state index >= 15 is 0 Å². The first-order chi connectivity index (χ1) is 14.0. The van der Waals surface area contributed by atoms with Gasteiger partial charge in [-0.15, -0.1) is 4.31 Å². The van der Waals surface area contributed by atoms with Gasteiger partial charge in [0.2, 0.25) is 5.95 Å². The van der Waals surface area contributed by atoms with E-state index in [-0.39, 0.29) is 15.8 Å². The number of hydrogen-bond donors (Lipinski definition) is 2. The van der Waals surface area contributed by atoms with Gasteiger partial charge in [0.1, 0.15) is 5.56 Å². The highest BCUT2D eigenvalue weighted by molar-refractivity contribution is 7.93. The van der Waals surface area contributed by atoms with E-state index < -0.39 is 38.6 Å². The van der Waals surface area contributed by atoms with Crippen molar-refractivity contribution < 1.29 is 23.1 Å². The molecule has 3 heterocycles. The number of pyridine rings is 1. The number of amides is 2. The zero-order chi connectivity index (χ0) is 22.2. The lowest BCUT2D eigenvalue weighted by molar-refractivity contribution is 0.0691. The van der Waals surface area contributed by atoms with Crippen LogP contribution in [0.1, 0.15) is 27.4 Å². The maximum absolute atomic E-state index is 13.5. The van der Waals surface area contributed by atoms with Gasteiger partial charge in [-0.3, -0.25) is 0 Å². The Kier molecular flexibility index (Phi) is 5.22. The highest BCUT2D eigenvalue weighted by Gasteiger charge is 2.40. The average Bonchev–Trinajstić information content (AvgIpc) is 2.99. The summed E-state index contributed by atoms with van der Waals surface area (Å²) in [6, 6.07) is 4.74. The molecule has 3 aromatic heterocycles. The molecule has 156 valence electrons. The average molecular weight is 431 g/mol. The highest BCUT2D eigenvalue weighted by Crippen LogP contribution is 2.28. The number of carboxylic acids is 1. The fourth-order valence-electron chi connectivity index (χ4n) is 2.83. The van der Waals surface area contributed by atoms with Gasteiger partial charge in [-0.1, -0.05) is 6.07 Å². The molecule has 0 saturated carbocycles. The second-order valence-electron chi connectivity index (χ2n) is 6.23. The molecule has 30 heavy (non-hydrogen) atoms. The third-order valence-electron chi connectivity index (χ3n) is 3.94. The molecular formula is C17H17N7O5S. The molecule has 12 nitrogen and oxygen atoms in total. The number of aryl methyl sites for hydroxylation is 3. The van der Waals surface area contributed by atoms with Crippen LogP contribution in [0.3, 0.4) is 0 Å². The van der Waals surface area contributed by atoms with Gasteiger partial charge in [0.15, 0.2) is 10.8 Å². The van der Waals surface area contributed by atoms with Gasteiger partial charge in [-0.25, -0.2) is 29.2 Å². The lowest BCUT2D eigenvalue weighted by atomic mass is 10.3. The van der Waals surface area contributed by atoms with Crippen LogP contribution >= 0.6 is 0 Å². The Bertz CT molecular complexity index is 1230. The van der Waals surface area contributed by atoms with E-state index in [2.05, 4.69) is 20.1 Å². The van der Waals surface area contributed by atoms with Gasteiger partial charge in [-0.05, 0) is 39.0 Å². The number of sulfonamides is 1. The van der Waals surface area contributed by atoms with Gasteiger partial charge in [-0.2, -0.15) is 13.5 Å². The number of aromatic carboxylic acids is 1. The van der Waals surface area contributed by atoms with Crippen LogP contribution in [0.5, 0.6) is 0 Å². The van der Waals surface area contributed by atoms with Crippen LogP contribution in [0, 0.1) is 20.8 Å². The van der Waals surface area contributed by atoms with E-state index in [9.17, 15) is 23.1 Å². The number of carbonyl (C=O) groups excluding carboxylic acids is 1. The minimum atomic E-state index is -4.91. The zero-order valence-corrected chi connectivity index (χ0v) is 17.0. The van der Waals surface area contributed by atoms with Crippen LogP contribution in [-0.2, 0) is 10.0 Å². The Morgan fingerprint density at radius 2 is 1.77 bits per heavy atom. The van der Waals surface area contributed by atoms with Crippen LogP contribution in [0.15, 0.2) is 35.5 Å². The molecule has 0 bridgehead atoms. The van der Waals surface area contributed by atoms with E-state index in [4.69, 9.17) is 5.73 Å². The number of carboxylic acid groups (broad SMARTS) is 1. The number of nitrogens with zero attached hydrogens (tertiary/aromatic N) is 6. The monoisotopic (exact) mass is 431 g/mol. The molecule has 0 aromatic carbocycles. The number of primary amides is 1. The van der Waals surface area contributed by atoms with Crippen molar-refractivity contribution in [3.05, 3.63) is 53.1 Å². The molecule has 0 aliphatic heterocycles. The second-order valence-corrected chi connectivity index (χ2v) is 7.93. The predicted molar refractivity (Wildman–Crippen MR) is 104 cm³/mol. The molecule has 0 saturated heterocycles.